The molecule has 0 bridgehead atoms. The first-order valence-electron chi connectivity index (χ1n) is 9.54. The summed E-state index contributed by atoms with van der Waals surface area (Å²) in [5.41, 5.74) is 3.68. The number of nitrogens with zero attached hydrogens (tertiary/aromatic N) is 5. The summed E-state index contributed by atoms with van der Waals surface area (Å²) in [6, 6.07) is 14.2. The van der Waals surface area contributed by atoms with Gasteiger partial charge in [0.1, 0.15) is 11.6 Å². The van der Waals surface area contributed by atoms with Crippen molar-refractivity contribution in [3.05, 3.63) is 84.5 Å². The highest BCUT2D eigenvalue weighted by Crippen LogP contribution is 2.33. The van der Waals surface area contributed by atoms with Crippen LogP contribution >= 0.6 is 0 Å². The van der Waals surface area contributed by atoms with E-state index in [1.54, 1.807) is 24.8 Å². The molecule has 0 aliphatic heterocycles. The predicted molar refractivity (Wildman–Crippen MR) is 116 cm³/mol. The van der Waals surface area contributed by atoms with Gasteiger partial charge in [0.05, 0.1) is 11.9 Å². The normalized spacial score (nSPS) is 10.4. The van der Waals surface area contributed by atoms with Gasteiger partial charge in [0.15, 0.2) is 5.82 Å². The first-order chi connectivity index (χ1) is 14.1. The maximum Gasteiger partial charge on any atom is 0.224 e. The van der Waals surface area contributed by atoms with E-state index >= 15 is 0 Å². The lowest BCUT2D eigenvalue weighted by molar-refractivity contribution is 0.863. The maximum atomic E-state index is 9.59. The number of aromatic nitrogens is 3. The van der Waals surface area contributed by atoms with Gasteiger partial charge in [-0.05, 0) is 41.7 Å². The molecule has 1 N–H and O–H groups in total. The largest absolute Gasteiger partial charge is 0.354 e. The Bertz CT molecular complexity index is 1010. The van der Waals surface area contributed by atoms with Crippen molar-refractivity contribution in [3.8, 4) is 6.07 Å². The average molecular weight is 384 g/mol. The number of nitriles is 1. The van der Waals surface area contributed by atoms with Crippen LogP contribution in [0, 0.1) is 11.3 Å². The SMILES string of the molecule is C=CN(c1ccccc1C(C)C)c1nc(NCCc2ccncc2)ncc1C#N. The molecule has 0 saturated carbocycles. The molecule has 0 saturated heterocycles. The van der Waals surface area contributed by atoms with Crippen molar-refractivity contribution in [3.63, 3.8) is 0 Å². The number of benzene rings is 1. The van der Waals surface area contributed by atoms with E-state index in [2.05, 4.69) is 52.8 Å². The zero-order valence-electron chi connectivity index (χ0n) is 16.7. The molecule has 6 nitrogen and oxygen atoms in total. The summed E-state index contributed by atoms with van der Waals surface area (Å²) in [6.07, 6.45) is 7.61. The van der Waals surface area contributed by atoms with E-state index in [0.717, 1.165) is 17.7 Å². The molecule has 2 aromatic heterocycles. The van der Waals surface area contributed by atoms with Crippen LogP contribution in [-0.4, -0.2) is 21.5 Å². The van der Waals surface area contributed by atoms with Crippen LogP contribution in [0.1, 0.15) is 36.5 Å². The molecule has 6 heteroatoms. The molecule has 3 rings (SSSR count). The highest BCUT2D eigenvalue weighted by molar-refractivity contribution is 5.71. The first-order valence-corrected chi connectivity index (χ1v) is 9.54. The van der Waals surface area contributed by atoms with Crippen LogP contribution in [0.2, 0.25) is 0 Å². The summed E-state index contributed by atoms with van der Waals surface area (Å²) in [7, 11) is 0. The molecule has 29 heavy (non-hydrogen) atoms. The zero-order chi connectivity index (χ0) is 20.6. The van der Waals surface area contributed by atoms with Crippen LogP contribution in [0.25, 0.3) is 0 Å². The topological polar surface area (TPSA) is 77.7 Å². The fourth-order valence-corrected chi connectivity index (χ4v) is 3.08. The molecule has 3 aromatic rings. The number of nitrogens with one attached hydrogen (secondary N) is 1. The fraction of sp³-hybridized carbons (Fsp3) is 0.217. The zero-order valence-corrected chi connectivity index (χ0v) is 16.7. The molecule has 1 aromatic carbocycles. The highest BCUT2D eigenvalue weighted by atomic mass is 15.2. The molecule has 0 unspecified atom stereocenters. The monoisotopic (exact) mass is 384 g/mol. The van der Waals surface area contributed by atoms with E-state index in [1.165, 1.54) is 5.56 Å². The minimum Gasteiger partial charge on any atom is -0.354 e. The lowest BCUT2D eigenvalue weighted by Gasteiger charge is -2.24. The van der Waals surface area contributed by atoms with Crippen molar-refractivity contribution < 1.29 is 0 Å². The number of anilines is 3. The Balaban J connectivity index is 1.88. The summed E-state index contributed by atoms with van der Waals surface area (Å²) in [5.74, 6) is 1.30. The van der Waals surface area contributed by atoms with Crippen molar-refractivity contribution >= 4 is 17.5 Å². The van der Waals surface area contributed by atoms with Crippen LogP contribution in [0.4, 0.5) is 17.5 Å². The minimum atomic E-state index is 0.319. The van der Waals surface area contributed by atoms with Crippen molar-refractivity contribution in [1.82, 2.24) is 15.0 Å². The highest BCUT2D eigenvalue weighted by Gasteiger charge is 2.18. The third-order valence-electron chi connectivity index (χ3n) is 4.56. The van der Waals surface area contributed by atoms with Gasteiger partial charge < -0.3 is 10.2 Å². The predicted octanol–water partition coefficient (Wildman–Crippen LogP) is 4.80. The van der Waals surface area contributed by atoms with Gasteiger partial charge in [-0.3, -0.25) is 4.98 Å². The van der Waals surface area contributed by atoms with Gasteiger partial charge in [-0.2, -0.15) is 10.2 Å². The van der Waals surface area contributed by atoms with Crippen molar-refractivity contribution in [2.75, 3.05) is 16.8 Å². The molecule has 0 radical (unpaired) electrons. The molecule has 0 fully saturated rings. The Kier molecular flexibility index (Phi) is 6.54. The van der Waals surface area contributed by atoms with Crippen LogP contribution in [0.15, 0.2) is 67.8 Å². The summed E-state index contributed by atoms with van der Waals surface area (Å²) in [6.45, 7) is 8.90. The Morgan fingerprint density at radius 2 is 1.97 bits per heavy atom. The second-order valence-corrected chi connectivity index (χ2v) is 6.84. The Labute approximate surface area is 171 Å². The van der Waals surface area contributed by atoms with E-state index < -0.39 is 0 Å². The van der Waals surface area contributed by atoms with Crippen LogP contribution in [0.5, 0.6) is 0 Å². The smallest absolute Gasteiger partial charge is 0.224 e. The standard InChI is InChI=1S/C23H24N6/c1-4-29(21-8-6-5-7-20(21)17(2)3)22-19(15-24)16-27-23(28-22)26-14-11-18-9-12-25-13-10-18/h4-10,12-13,16-17H,1,11,14H2,2-3H3,(H,26,27,28). The van der Waals surface area contributed by atoms with Crippen molar-refractivity contribution in [2.24, 2.45) is 0 Å². The fourth-order valence-electron chi connectivity index (χ4n) is 3.08. The molecular weight excluding hydrogens is 360 g/mol. The number of rotatable bonds is 8. The third kappa shape index (κ3) is 4.77. The molecular formula is C23H24N6. The summed E-state index contributed by atoms with van der Waals surface area (Å²) in [4.78, 5) is 14.8. The third-order valence-corrected chi connectivity index (χ3v) is 4.56. The van der Waals surface area contributed by atoms with Crippen LogP contribution < -0.4 is 10.2 Å². The average Bonchev–Trinajstić information content (AvgIpc) is 2.75. The van der Waals surface area contributed by atoms with E-state index in [0.29, 0.717) is 29.8 Å². The Hall–Kier alpha value is -3.72. The van der Waals surface area contributed by atoms with E-state index in [1.807, 2.05) is 35.2 Å². The molecule has 0 amide bonds. The summed E-state index contributed by atoms with van der Waals surface area (Å²) >= 11 is 0. The molecule has 2 heterocycles. The quantitative estimate of drug-likeness (QED) is 0.601. The number of para-hydroxylation sites is 1. The summed E-state index contributed by atoms with van der Waals surface area (Å²) in [5, 5.41) is 12.8. The molecule has 0 spiro atoms. The van der Waals surface area contributed by atoms with Gasteiger partial charge >= 0.3 is 0 Å². The van der Waals surface area contributed by atoms with E-state index in [9.17, 15) is 5.26 Å². The second kappa shape index (κ2) is 9.47. The van der Waals surface area contributed by atoms with Crippen LogP contribution in [0.3, 0.4) is 0 Å². The minimum absolute atomic E-state index is 0.319. The molecule has 0 atom stereocenters. The lowest BCUT2D eigenvalue weighted by atomic mass is 10.0. The van der Waals surface area contributed by atoms with Gasteiger partial charge in [0, 0.05) is 25.1 Å². The lowest BCUT2D eigenvalue weighted by Crippen LogP contribution is -2.16. The molecule has 146 valence electrons. The molecule has 0 aliphatic rings. The van der Waals surface area contributed by atoms with Crippen LogP contribution in [-0.2, 0) is 6.42 Å². The maximum absolute atomic E-state index is 9.59. The van der Waals surface area contributed by atoms with Gasteiger partial charge in [-0.15, -0.1) is 0 Å². The van der Waals surface area contributed by atoms with Crippen molar-refractivity contribution in [2.45, 2.75) is 26.2 Å². The van der Waals surface area contributed by atoms with Gasteiger partial charge in [0.25, 0.3) is 0 Å². The van der Waals surface area contributed by atoms with Gasteiger partial charge in [-0.1, -0.05) is 38.6 Å². The number of hydrogen-bond donors (Lipinski definition) is 1. The van der Waals surface area contributed by atoms with E-state index in [4.69, 9.17) is 0 Å². The Morgan fingerprint density at radius 3 is 2.66 bits per heavy atom. The summed E-state index contributed by atoms with van der Waals surface area (Å²) < 4.78 is 0. The first kappa shape index (κ1) is 20.0. The second-order valence-electron chi connectivity index (χ2n) is 6.84. The molecule has 0 aliphatic carbocycles. The van der Waals surface area contributed by atoms with E-state index in [-0.39, 0.29) is 0 Å². The van der Waals surface area contributed by atoms with Gasteiger partial charge in [0.2, 0.25) is 5.95 Å². The number of hydrogen-bond acceptors (Lipinski definition) is 6. The Morgan fingerprint density at radius 1 is 1.21 bits per heavy atom. The van der Waals surface area contributed by atoms with Crippen molar-refractivity contribution in [1.29, 1.82) is 5.26 Å². The van der Waals surface area contributed by atoms with Gasteiger partial charge in [-0.25, -0.2) is 4.98 Å². The number of pyridine rings is 1.